The van der Waals surface area contributed by atoms with Gasteiger partial charge in [-0.2, -0.15) is 0 Å². The van der Waals surface area contributed by atoms with Gasteiger partial charge in [0.25, 0.3) is 5.56 Å². The van der Waals surface area contributed by atoms with Crippen LogP contribution in [0.2, 0.25) is 5.02 Å². The maximum atomic E-state index is 13.5. The molecule has 1 N–H and O–H groups in total. The van der Waals surface area contributed by atoms with Gasteiger partial charge < -0.3 is 10.1 Å². The highest BCUT2D eigenvalue weighted by atomic mass is 35.5. The Bertz CT molecular complexity index is 1360. The molecule has 4 rings (SSSR count). The van der Waals surface area contributed by atoms with Crippen LogP contribution in [0, 0.1) is 13.8 Å². The minimum absolute atomic E-state index is 0.0763. The Kier molecular flexibility index (Phi) is 6.55. The van der Waals surface area contributed by atoms with Crippen LogP contribution in [-0.2, 0) is 4.79 Å². The van der Waals surface area contributed by atoms with Crippen molar-refractivity contribution in [3.63, 3.8) is 0 Å². The Labute approximate surface area is 198 Å². The number of para-hydroxylation sites is 2. The third-order valence-electron chi connectivity index (χ3n) is 4.97. The molecule has 9 heteroatoms. The first kappa shape index (κ1) is 22.4. The molecule has 4 aromatic rings. The summed E-state index contributed by atoms with van der Waals surface area (Å²) in [7, 11) is 1.55. The number of rotatable bonds is 6. The average Bonchev–Trinajstić information content (AvgIpc) is 3.07. The van der Waals surface area contributed by atoms with Crippen molar-refractivity contribution < 1.29 is 9.53 Å². The zero-order valence-electron chi connectivity index (χ0n) is 17.6. The van der Waals surface area contributed by atoms with Crippen LogP contribution in [0.3, 0.4) is 0 Å². The molecule has 2 aromatic heterocycles. The summed E-state index contributed by atoms with van der Waals surface area (Å²) < 4.78 is 6.82. The van der Waals surface area contributed by atoms with E-state index in [0.717, 1.165) is 10.4 Å². The van der Waals surface area contributed by atoms with Gasteiger partial charge in [0.15, 0.2) is 5.16 Å². The number of carbonyl (C=O) groups is 1. The summed E-state index contributed by atoms with van der Waals surface area (Å²) >= 11 is 8.72. The highest BCUT2D eigenvalue weighted by molar-refractivity contribution is 7.99. The molecule has 0 radical (unpaired) electrons. The van der Waals surface area contributed by atoms with E-state index in [1.54, 1.807) is 48.1 Å². The molecule has 0 spiro atoms. The summed E-state index contributed by atoms with van der Waals surface area (Å²) in [6.07, 6.45) is 0. The van der Waals surface area contributed by atoms with Gasteiger partial charge in [0, 0.05) is 9.90 Å². The highest BCUT2D eigenvalue weighted by Crippen LogP contribution is 2.30. The van der Waals surface area contributed by atoms with Crippen LogP contribution < -0.4 is 15.6 Å². The van der Waals surface area contributed by atoms with Crippen molar-refractivity contribution in [3.05, 3.63) is 74.3 Å². The van der Waals surface area contributed by atoms with Crippen LogP contribution in [0.25, 0.3) is 15.9 Å². The monoisotopic (exact) mass is 485 g/mol. The maximum absolute atomic E-state index is 13.5. The lowest BCUT2D eigenvalue weighted by Gasteiger charge is -2.13. The van der Waals surface area contributed by atoms with E-state index in [1.807, 2.05) is 26.0 Å². The molecule has 0 fully saturated rings. The molecule has 32 heavy (non-hydrogen) atoms. The van der Waals surface area contributed by atoms with E-state index < -0.39 is 0 Å². The number of fused-ring (bicyclic) bond motifs is 1. The first-order chi connectivity index (χ1) is 15.4. The molecule has 0 aliphatic rings. The first-order valence-electron chi connectivity index (χ1n) is 9.73. The summed E-state index contributed by atoms with van der Waals surface area (Å²) in [5.41, 5.74) is 2.00. The number of hydrogen-bond donors (Lipinski definition) is 1. The van der Waals surface area contributed by atoms with Crippen LogP contribution in [0.5, 0.6) is 5.75 Å². The second-order valence-corrected chi connectivity index (χ2v) is 9.59. The van der Waals surface area contributed by atoms with Crippen LogP contribution in [0.1, 0.15) is 10.4 Å². The van der Waals surface area contributed by atoms with Crippen molar-refractivity contribution in [1.29, 1.82) is 0 Å². The molecule has 0 atom stereocenters. The number of hydrogen-bond acceptors (Lipinski definition) is 6. The molecule has 1 amide bonds. The fraction of sp³-hybridized carbons (Fsp3) is 0.174. The summed E-state index contributed by atoms with van der Waals surface area (Å²) in [4.78, 5) is 32.5. The van der Waals surface area contributed by atoms with Gasteiger partial charge in [-0.15, -0.1) is 11.3 Å². The van der Waals surface area contributed by atoms with Crippen LogP contribution >= 0.6 is 34.7 Å². The first-order valence-corrected chi connectivity index (χ1v) is 11.9. The van der Waals surface area contributed by atoms with E-state index in [0.29, 0.717) is 37.5 Å². The van der Waals surface area contributed by atoms with Gasteiger partial charge in [0.2, 0.25) is 5.91 Å². The van der Waals surface area contributed by atoms with Crippen LogP contribution in [-0.4, -0.2) is 28.3 Å². The van der Waals surface area contributed by atoms with Gasteiger partial charge >= 0.3 is 0 Å². The number of halogens is 1. The smallest absolute Gasteiger partial charge is 0.267 e. The molecule has 2 aromatic carbocycles. The van der Waals surface area contributed by atoms with Gasteiger partial charge in [-0.1, -0.05) is 35.5 Å². The molecular weight excluding hydrogens is 466 g/mol. The Hall–Kier alpha value is -2.81. The molecule has 0 aliphatic carbocycles. The zero-order valence-corrected chi connectivity index (χ0v) is 20.0. The quantitative estimate of drug-likeness (QED) is 0.290. The Morgan fingerprint density at radius 2 is 1.91 bits per heavy atom. The molecule has 2 heterocycles. The molecule has 164 valence electrons. The average molecular weight is 486 g/mol. The number of ether oxygens (including phenoxy) is 1. The minimum atomic E-state index is -0.227. The molecule has 0 saturated carbocycles. The van der Waals surface area contributed by atoms with Crippen molar-refractivity contribution in [3.8, 4) is 11.4 Å². The summed E-state index contributed by atoms with van der Waals surface area (Å²) in [5.74, 6) is 0.426. The van der Waals surface area contributed by atoms with Gasteiger partial charge in [-0.25, -0.2) is 4.98 Å². The predicted molar refractivity (Wildman–Crippen MR) is 132 cm³/mol. The third-order valence-corrected chi connectivity index (χ3v) is 7.26. The number of thioether (sulfide) groups is 1. The van der Waals surface area contributed by atoms with E-state index in [4.69, 9.17) is 21.3 Å². The summed E-state index contributed by atoms with van der Waals surface area (Å²) in [6, 6.07) is 14.2. The van der Waals surface area contributed by atoms with E-state index in [2.05, 4.69) is 5.32 Å². The number of nitrogens with one attached hydrogen (secondary N) is 1. The van der Waals surface area contributed by atoms with E-state index >= 15 is 0 Å². The molecule has 0 aliphatic heterocycles. The fourth-order valence-electron chi connectivity index (χ4n) is 3.25. The van der Waals surface area contributed by atoms with Gasteiger partial charge in [-0.3, -0.25) is 14.2 Å². The molecular formula is C23H20ClN3O3S2. The van der Waals surface area contributed by atoms with Crippen LogP contribution in [0.15, 0.2) is 58.5 Å². The number of nitrogens with zero attached hydrogens (tertiary/aromatic N) is 2. The number of benzene rings is 2. The molecule has 0 unspecified atom stereocenters. The standard InChI is InChI=1S/C23H20ClN3O3S2/c1-13-14(2)32-21-20(13)22(29)27(16-10-8-15(24)9-11-16)23(26-21)31-12-19(28)25-17-6-4-5-7-18(17)30-3/h4-11H,12H2,1-3H3,(H,25,28). The van der Waals surface area contributed by atoms with E-state index in [9.17, 15) is 9.59 Å². The highest BCUT2D eigenvalue weighted by Gasteiger charge is 2.19. The molecule has 0 saturated heterocycles. The van der Waals surface area contributed by atoms with Crippen molar-refractivity contribution in [2.24, 2.45) is 0 Å². The van der Waals surface area contributed by atoms with Crippen molar-refractivity contribution in [2.45, 2.75) is 19.0 Å². The topological polar surface area (TPSA) is 73.2 Å². The number of thiophene rings is 1. The van der Waals surface area contributed by atoms with Gasteiger partial charge in [0.05, 0.1) is 29.6 Å². The van der Waals surface area contributed by atoms with Crippen molar-refractivity contribution in [2.75, 3.05) is 18.2 Å². The van der Waals surface area contributed by atoms with Crippen molar-refractivity contribution >= 4 is 56.5 Å². The predicted octanol–water partition coefficient (Wildman–Crippen LogP) is 5.46. The Balaban J connectivity index is 1.69. The Morgan fingerprint density at radius 1 is 1.19 bits per heavy atom. The normalized spacial score (nSPS) is 11.0. The van der Waals surface area contributed by atoms with E-state index in [1.165, 1.54) is 23.1 Å². The third kappa shape index (κ3) is 4.39. The SMILES string of the molecule is COc1ccccc1NC(=O)CSc1nc2sc(C)c(C)c2c(=O)n1-c1ccc(Cl)cc1. The number of aromatic nitrogens is 2. The summed E-state index contributed by atoms with van der Waals surface area (Å²) in [6.45, 7) is 3.90. The lowest BCUT2D eigenvalue weighted by Crippen LogP contribution is -2.22. The lowest BCUT2D eigenvalue weighted by molar-refractivity contribution is -0.113. The maximum Gasteiger partial charge on any atom is 0.267 e. The minimum Gasteiger partial charge on any atom is -0.495 e. The van der Waals surface area contributed by atoms with Crippen LogP contribution in [0.4, 0.5) is 5.69 Å². The number of amides is 1. The number of carbonyl (C=O) groups excluding carboxylic acids is 1. The van der Waals surface area contributed by atoms with Gasteiger partial charge in [0.1, 0.15) is 10.6 Å². The summed E-state index contributed by atoms with van der Waals surface area (Å²) in [5, 5.41) is 4.47. The van der Waals surface area contributed by atoms with Crippen molar-refractivity contribution in [1.82, 2.24) is 9.55 Å². The zero-order chi connectivity index (χ0) is 22.8. The largest absolute Gasteiger partial charge is 0.495 e. The number of aryl methyl sites for hydroxylation is 2. The lowest BCUT2D eigenvalue weighted by atomic mass is 10.2. The fourth-order valence-corrected chi connectivity index (χ4v) is 5.26. The number of methoxy groups -OCH3 is 1. The molecule has 0 bridgehead atoms. The van der Waals surface area contributed by atoms with E-state index in [-0.39, 0.29) is 17.2 Å². The Morgan fingerprint density at radius 3 is 2.62 bits per heavy atom. The second kappa shape index (κ2) is 9.36. The number of anilines is 1. The second-order valence-electron chi connectivity index (χ2n) is 7.01. The molecule has 6 nitrogen and oxygen atoms in total. The van der Waals surface area contributed by atoms with Gasteiger partial charge in [-0.05, 0) is 55.8 Å².